The molecule has 34 heavy (non-hydrogen) atoms. The molecule has 0 atom stereocenters. The molecule has 166 valence electrons. The molecule has 6 rings (SSSR count). The molecule has 7 nitrogen and oxygen atoms in total. The van der Waals surface area contributed by atoms with Crippen LogP contribution in [0.1, 0.15) is 0 Å². The summed E-state index contributed by atoms with van der Waals surface area (Å²) in [4.78, 5) is 30.6. The van der Waals surface area contributed by atoms with Crippen LogP contribution in [0.4, 0.5) is 0 Å². The molecule has 0 radical (unpaired) electrons. The van der Waals surface area contributed by atoms with Crippen LogP contribution in [0.2, 0.25) is 5.02 Å². The lowest BCUT2D eigenvalue weighted by Crippen LogP contribution is -2.20. The van der Waals surface area contributed by atoms with Gasteiger partial charge in [0.2, 0.25) is 0 Å². The molecular weight excluding hydrogens is 476 g/mol. The summed E-state index contributed by atoms with van der Waals surface area (Å²) in [6, 6.07) is 21.0. The van der Waals surface area contributed by atoms with Crippen LogP contribution < -0.4 is 11.2 Å². The van der Waals surface area contributed by atoms with Crippen LogP contribution in [0, 0.1) is 0 Å². The van der Waals surface area contributed by atoms with Crippen LogP contribution in [0.25, 0.3) is 38.7 Å². The predicted octanol–water partition coefficient (Wildman–Crippen LogP) is 5.75. The lowest BCUT2D eigenvalue weighted by atomic mass is 10.1. The van der Waals surface area contributed by atoms with E-state index in [1.165, 1.54) is 4.57 Å². The zero-order valence-electron chi connectivity index (χ0n) is 17.2. The Morgan fingerprint density at radius 1 is 0.941 bits per heavy atom. The molecule has 3 heterocycles. The number of hydrogen-bond donors (Lipinski definition) is 1. The van der Waals surface area contributed by atoms with Crippen molar-refractivity contribution < 1.29 is 13.9 Å². The third-order valence-electron chi connectivity index (χ3n) is 5.40. The van der Waals surface area contributed by atoms with Gasteiger partial charge in [0.25, 0.3) is 10.8 Å². The molecule has 0 saturated heterocycles. The van der Waals surface area contributed by atoms with Crippen molar-refractivity contribution in [3.05, 3.63) is 98.6 Å². The molecule has 0 aliphatic heterocycles. The van der Waals surface area contributed by atoms with Crippen LogP contribution in [0.3, 0.4) is 0 Å². The SMILES string of the molecule is O=c1oc2c(c(O)c1Sc1nc3ccc(Cl)cc3o1)c(=O)n(-c1ccccc1)c1ccccc21. The van der Waals surface area contributed by atoms with E-state index in [2.05, 4.69) is 4.98 Å². The van der Waals surface area contributed by atoms with Gasteiger partial charge in [0.1, 0.15) is 15.8 Å². The van der Waals surface area contributed by atoms with E-state index in [4.69, 9.17) is 20.4 Å². The highest BCUT2D eigenvalue weighted by atomic mass is 35.5. The fraction of sp³-hybridized carbons (Fsp3) is 0. The molecule has 0 spiro atoms. The average Bonchev–Trinajstić information content (AvgIpc) is 3.24. The van der Waals surface area contributed by atoms with E-state index in [0.717, 1.165) is 11.8 Å². The van der Waals surface area contributed by atoms with Gasteiger partial charge in [-0.3, -0.25) is 9.36 Å². The van der Waals surface area contributed by atoms with Crippen molar-refractivity contribution in [2.75, 3.05) is 0 Å². The summed E-state index contributed by atoms with van der Waals surface area (Å²) < 4.78 is 12.7. The molecule has 3 aromatic carbocycles. The summed E-state index contributed by atoms with van der Waals surface area (Å²) in [5, 5.41) is 12.1. The van der Waals surface area contributed by atoms with Gasteiger partial charge in [-0.2, -0.15) is 0 Å². The first-order valence-corrected chi connectivity index (χ1v) is 11.3. The molecule has 3 aromatic heterocycles. The van der Waals surface area contributed by atoms with Crippen LogP contribution in [0.15, 0.2) is 101 Å². The second-order valence-electron chi connectivity index (χ2n) is 7.46. The number of halogens is 1. The fourth-order valence-electron chi connectivity index (χ4n) is 3.91. The molecule has 0 amide bonds. The highest BCUT2D eigenvalue weighted by Crippen LogP contribution is 2.38. The molecule has 0 fully saturated rings. The maximum Gasteiger partial charge on any atom is 0.354 e. The number of aromatic nitrogens is 2. The zero-order valence-corrected chi connectivity index (χ0v) is 18.8. The minimum atomic E-state index is -0.808. The van der Waals surface area contributed by atoms with Crippen LogP contribution in [-0.2, 0) is 0 Å². The van der Waals surface area contributed by atoms with Crippen molar-refractivity contribution >= 4 is 56.3 Å². The van der Waals surface area contributed by atoms with Gasteiger partial charge < -0.3 is 13.9 Å². The van der Waals surface area contributed by atoms with Crippen molar-refractivity contribution in [3.63, 3.8) is 0 Å². The molecule has 0 aliphatic rings. The molecule has 1 N–H and O–H groups in total. The topological polar surface area (TPSA) is 98.5 Å². The normalized spacial score (nSPS) is 11.6. The number of pyridine rings is 1. The number of aromatic hydroxyl groups is 1. The van der Waals surface area contributed by atoms with Crippen molar-refractivity contribution in [1.29, 1.82) is 0 Å². The summed E-state index contributed by atoms with van der Waals surface area (Å²) in [5.74, 6) is -0.489. The van der Waals surface area contributed by atoms with E-state index in [9.17, 15) is 14.7 Å². The molecule has 9 heteroatoms. The smallest absolute Gasteiger partial charge is 0.354 e. The first kappa shape index (κ1) is 20.6. The Morgan fingerprint density at radius 3 is 2.53 bits per heavy atom. The molecule has 0 saturated carbocycles. The van der Waals surface area contributed by atoms with Crippen molar-refractivity contribution in [1.82, 2.24) is 9.55 Å². The van der Waals surface area contributed by atoms with Gasteiger partial charge in [-0.05, 0) is 48.2 Å². The standard InChI is InChI=1S/C25H13ClN2O5S/c26-13-10-11-16-18(12-13)32-25(27-16)34-22-20(29)19-21(33-24(22)31)15-8-4-5-9-17(15)28(23(19)30)14-6-2-1-3-7-14/h1-12,29H. The van der Waals surface area contributed by atoms with E-state index in [1.807, 2.05) is 18.2 Å². The van der Waals surface area contributed by atoms with E-state index in [1.54, 1.807) is 54.6 Å². The van der Waals surface area contributed by atoms with Gasteiger partial charge in [-0.15, -0.1) is 0 Å². The Kier molecular flexibility index (Phi) is 4.72. The maximum absolute atomic E-state index is 13.6. The largest absolute Gasteiger partial charge is 0.505 e. The number of fused-ring (bicyclic) bond motifs is 4. The quantitative estimate of drug-likeness (QED) is 0.317. The minimum Gasteiger partial charge on any atom is -0.505 e. The van der Waals surface area contributed by atoms with Gasteiger partial charge >= 0.3 is 5.63 Å². The second-order valence-corrected chi connectivity index (χ2v) is 8.86. The number of rotatable bonds is 3. The van der Waals surface area contributed by atoms with Crippen LogP contribution in [-0.4, -0.2) is 14.7 Å². The average molecular weight is 489 g/mol. The van der Waals surface area contributed by atoms with E-state index < -0.39 is 16.9 Å². The summed E-state index contributed by atoms with van der Waals surface area (Å²) in [6.45, 7) is 0. The van der Waals surface area contributed by atoms with E-state index in [-0.39, 0.29) is 21.1 Å². The number of nitrogens with zero attached hydrogens (tertiary/aromatic N) is 2. The van der Waals surface area contributed by atoms with E-state index >= 15 is 0 Å². The number of para-hydroxylation sites is 2. The lowest BCUT2D eigenvalue weighted by Gasteiger charge is -2.13. The zero-order chi connectivity index (χ0) is 23.4. The Labute approximate surface area is 199 Å². The number of oxazole rings is 1. The first-order valence-electron chi connectivity index (χ1n) is 10.1. The summed E-state index contributed by atoms with van der Waals surface area (Å²) in [7, 11) is 0. The van der Waals surface area contributed by atoms with Crippen molar-refractivity contribution in [2.45, 2.75) is 10.1 Å². The Morgan fingerprint density at radius 2 is 1.71 bits per heavy atom. The third-order valence-corrected chi connectivity index (χ3v) is 6.55. The molecule has 0 bridgehead atoms. The van der Waals surface area contributed by atoms with Crippen molar-refractivity contribution in [2.24, 2.45) is 0 Å². The Bertz CT molecular complexity index is 1860. The third kappa shape index (κ3) is 3.19. The fourth-order valence-corrected chi connectivity index (χ4v) is 4.85. The van der Waals surface area contributed by atoms with Gasteiger partial charge in [-0.25, -0.2) is 9.78 Å². The van der Waals surface area contributed by atoms with Gasteiger partial charge in [-0.1, -0.05) is 41.9 Å². The minimum absolute atomic E-state index is 0.0176. The summed E-state index contributed by atoms with van der Waals surface area (Å²) in [6.07, 6.45) is 0. The Balaban J connectivity index is 1.63. The predicted molar refractivity (Wildman–Crippen MR) is 130 cm³/mol. The summed E-state index contributed by atoms with van der Waals surface area (Å²) >= 11 is 6.78. The highest BCUT2D eigenvalue weighted by molar-refractivity contribution is 7.99. The monoisotopic (exact) mass is 488 g/mol. The highest BCUT2D eigenvalue weighted by Gasteiger charge is 2.24. The van der Waals surface area contributed by atoms with Crippen LogP contribution in [0.5, 0.6) is 5.75 Å². The lowest BCUT2D eigenvalue weighted by molar-refractivity contribution is 0.444. The molecule has 0 unspecified atom stereocenters. The Hall–Kier alpha value is -4.01. The van der Waals surface area contributed by atoms with E-state index in [0.29, 0.717) is 32.7 Å². The second kappa shape index (κ2) is 7.79. The van der Waals surface area contributed by atoms with Gasteiger partial charge in [0, 0.05) is 22.2 Å². The van der Waals surface area contributed by atoms with Crippen molar-refractivity contribution in [3.8, 4) is 11.4 Å². The first-order chi connectivity index (χ1) is 16.5. The van der Waals surface area contributed by atoms with Crippen LogP contribution >= 0.6 is 23.4 Å². The molecular formula is C25H13ClN2O5S. The maximum atomic E-state index is 13.6. The molecule has 0 aliphatic carbocycles. The number of benzene rings is 3. The number of hydrogen-bond acceptors (Lipinski definition) is 7. The summed E-state index contributed by atoms with van der Waals surface area (Å²) in [5.41, 5.74) is 0.811. The van der Waals surface area contributed by atoms with Gasteiger partial charge in [0.05, 0.1) is 5.52 Å². The molecule has 6 aromatic rings. The van der Waals surface area contributed by atoms with Gasteiger partial charge in [0.15, 0.2) is 16.9 Å².